The number of aliphatic hydroxyl groups excluding tert-OH is 1. The molecule has 0 saturated carbocycles. The van der Waals surface area contributed by atoms with Crippen molar-refractivity contribution in [2.75, 3.05) is 0 Å². The Morgan fingerprint density at radius 2 is 1.50 bits per heavy atom. The number of aliphatic hydroxyl groups is 2. The van der Waals surface area contributed by atoms with E-state index in [0.29, 0.717) is 0 Å². The van der Waals surface area contributed by atoms with Crippen LogP contribution in [0.3, 0.4) is 0 Å². The maximum absolute atomic E-state index is 9.41. The zero-order valence-corrected chi connectivity index (χ0v) is 11.8. The molecular formula is C10H15Cl3O3. The lowest BCUT2D eigenvalue weighted by molar-refractivity contribution is -0.147. The van der Waals surface area contributed by atoms with Crippen LogP contribution in [-0.2, 0) is 4.74 Å². The van der Waals surface area contributed by atoms with Crippen molar-refractivity contribution in [1.82, 2.24) is 0 Å². The Morgan fingerprint density at radius 3 is 1.81 bits per heavy atom. The second kappa shape index (κ2) is 5.30. The zero-order valence-electron chi connectivity index (χ0n) is 9.51. The molecule has 6 heteroatoms. The van der Waals surface area contributed by atoms with Crippen molar-refractivity contribution in [3.8, 4) is 11.8 Å². The molecule has 0 spiro atoms. The first-order chi connectivity index (χ1) is 6.83. The van der Waals surface area contributed by atoms with Crippen LogP contribution in [0.5, 0.6) is 0 Å². The normalized spacial score (nSPS) is 15.3. The Labute approximate surface area is 111 Å². The lowest BCUT2D eigenvalue weighted by Gasteiger charge is -2.27. The van der Waals surface area contributed by atoms with Gasteiger partial charge < -0.3 is 14.9 Å². The Morgan fingerprint density at radius 1 is 1.06 bits per heavy atom. The summed E-state index contributed by atoms with van der Waals surface area (Å²) in [6.07, 6.45) is -1.59. The molecule has 0 radical (unpaired) electrons. The highest BCUT2D eigenvalue weighted by molar-refractivity contribution is 6.67. The van der Waals surface area contributed by atoms with Gasteiger partial charge in [-0.25, -0.2) is 0 Å². The maximum Gasteiger partial charge on any atom is 0.240 e. The van der Waals surface area contributed by atoms with Crippen molar-refractivity contribution in [2.45, 2.75) is 49.0 Å². The van der Waals surface area contributed by atoms with Crippen LogP contribution in [0.15, 0.2) is 0 Å². The van der Waals surface area contributed by atoms with Crippen LogP contribution in [0.4, 0.5) is 0 Å². The summed E-state index contributed by atoms with van der Waals surface area (Å²) in [6, 6.07) is 0. The van der Waals surface area contributed by atoms with E-state index in [4.69, 9.17) is 39.5 Å². The SMILES string of the molecule is CC(C)(O)C#CC(C)(C)OC(O)C(Cl)(Cl)Cl. The van der Waals surface area contributed by atoms with Gasteiger partial charge in [0.05, 0.1) is 0 Å². The third-order valence-corrected chi connectivity index (χ3v) is 1.92. The van der Waals surface area contributed by atoms with Gasteiger partial charge >= 0.3 is 0 Å². The Kier molecular flexibility index (Phi) is 5.41. The zero-order chi connectivity index (χ0) is 13.2. The molecule has 1 atom stereocenters. The van der Waals surface area contributed by atoms with Crippen LogP contribution >= 0.6 is 34.8 Å². The molecule has 0 aromatic heterocycles. The van der Waals surface area contributed by atoms with Crippen molar-refractivity contribution in [3.63, 3.8) is 0 Å². The monoisotopic (exact) mass is 288 g/mol. The van der Waals surface area contributed by atoms with Gasteiger partial charge in [-0.05, 0) is 27.7 Å². The maximum atomic E-state index is 9.41. The number of alkyl halides is 3. The average Bonchev–Trinajstić information content (AvgIpc) is 1.97. The minimum absolute atomic E-state index is 1.04. The van der Waals surface area contributed by atoms with Crippen molar-refractivity contribution in [3.05, 3.63) is 0 Å². The fourth-order valence-corrected chi connectivity index (χ4v) is 0.812. The Bertz CT molecular complexity index is 291. The molecule has 0 aliphatic rings. The molecule has 0 amide bonds. The van der Waals surface area contributed by atoms with Gasteiger partial charge in [0.1, 0.15) is 11.2 Å². The largest absolute Gasteiger partial charge is 0.378 e. The van der Waals surface area contributed by atoms with Gasteiger partial charge in [0.2, 0.25) is 10.1 Å². The molecule has 0 aromatic rings. The highest BCUT2D eigenvalue weighted by atomic mass is 35.6. The summed E-state index contributed by atoms with van der Waals surface area (Å²) < 4.78 is 3.14. The van der Waals surface area contributed by atoms with E-state index >= 15 is 0 Å². The number of rotatable bonds is 2. The molecule has 0 heterocycles. The van der Waals surface area contributed by atoms with Crippen LogP contribution in [0.25, 0.3) is 0 Å². The van der Waals surface area contributed by atoms with Crippen molar-refractivity contribution in [2.24, 2.45) is 0 Å². The number of hydrogen-bond donors (Lipinski definition) is 2. The second-order valence-corrected chi connectivity index (χ2v) is 6.70. The molecule has 0 aliphatic carbocycles. The lowest BCUT2D eigenvalue weighted by atomic mass is 10.1. The number of ether oxygens (including phenoxy) is 1. The van der Waals surface area contributed by atoms with E-state index in [1.54, 1.807) is 13.8 Å². The van der Waals surface area contributed by atoms with Crippen molar-refractivity contribution in [1.29, 1.82) is 0 Å². The van der Waals surface area contributed by atoms with E-state index in [9.17, 15) is 10.2 Å². The Balaban J connectivity index is 4.63. The summed E-state index contributed by atoms with van der Waals surface area (Å²) in [6.45, 7) is 6.24. The molecular weight excluding hydrogens is 274 g/mol. The van der Waals surface area contributed by atoms with E-state index in [1.165, 1.54) is 13.8 Å². The molecule has 0 fully saturated rings. The first-order valence-electron chi connectivity index (χ1n) is 4.53. The highest BCUT2D eigenvalue weighted by Crippen LogP contribution is 2.32. The van der Waals surface area contributed by atoms with Gasteiger partial charge in [0.15, 0.2) is 0 Å². The second-order valence-electron chi connectivity index (χ2n) is 4.33. The molecule has 94 valence electrons. The summed E-state index contributed by atoms with van der Waals surface area (Å²) in [5, 5.41) is 18.8. The minimum atomic E-state index is -1.94. The molecule has 2 N–H and O–H groups in total. The van der Waals surface area contributed by atoms with Crippen LogP contribution < -0.4 is 0 Å². The van der Waals surface area contributed by atoms with E-state index in [-0.39, 0.29) is 0 Å². The molecule has 0 aromatic carbocycles. The fourth-order valence-electron chi connectivity index (χ4n) is 0.679. The van der Waals surface area contributed by atoms with Gasteiger partial charge in [-0.15, -0.1) is 0 Å². The lowest BCUT2D eigenvalue weighted by Crippen LogP contribution is -2.37. The fraction of sp³-hybridized carbons (Fsp3) is 0.800. The summed E-state index contributed by atoms with van der Waals surface area (Å²) in [5.41, 5.74) is -2.19. The van der Waals surface area contributed by atoms with E-state index in [0.717, 1.165) is 0 Å². The average molecular weight is 290 g/mol. The predicted molar refractivity (Wildman–Crippen MR) is 65.5 cm³/mol. The summed E-state index contributed by atoms with van der Waals surface area (Å²) in [4.78, 5) is 0. The molecule has 0 saturated heterocycles. The van der Waals surface area contributed by atoms with Gasteiger partial charge in [-0.1, -0.05) is 46.6 Å². The van der Waals surface area contributed by atoms with Crippen LogP contribution in [0.1, 0.15) is 27.7 Å². The first kappa shape index (κ1) is 16.3. The predicted octanol–water partition coefficient (Wildman–Crippen LogP) is 2.24. The van der Waals surface area contributed by atoms with E-state index in [2.05, 4.69) is 11.8 Å². The number of hydrogen-bond acceptors (Lipinski definition) is 3. The molecule has 3 nitrogen and oxygen atoms in total. The standard InChI is InChI=1S/C10H15Cl3O3/c1-8(2,15)5-6-9(3,4)16-7(14)10(11,12)13/h7,14-15H,1-4H3. The van der Waals surface area contributed by atoms with Gasteiger partial charge in [-0.3, -0.25) is 0 Å². The molecule has 1 unspecified atom stereocenters. The smallest absolute Gasteiger partial charge is 0.240 e. The van der Waals surface area contributed by atoms with Crippen LogP contribution in [-0.4, -0.2) is 31.5 Å². The summed E-state index contributed by atoms with van der Waals surface area (Å²) in [5.74, 6) is 5.20. The summed E-state index contributed by atoms with van der Waals surface area (Å²) >= 11 is 16.3. The van der Waals surface area contributed by atoms with Gasteiger partial charge in [0, 0.05) is 0 Å². The van der Waals surface area contributed by atoms with Crippen molar-refractivity contribution < 1.29 is 14.9 Å². The third kappa shape index (κ3) is 7.56. The van der Waals surface area contributed by atoms with Crippen LogP contribution in [0, 0.1) is 11.8 Å². The molecule has 0 bridgehead atoms. The highest BCUT2D eigenvalue weighted by Gasteiger charge is 2.36. The topological polar surface area (TPSA) is 49.7 Å². The minimum Gasteiger partial charge on any atom is -0.378 e. The molecule has 0 rings (SSSR count). The molecule has 0 aliphatic heterocycles. The van der Waals surface area contributed by atoms with Gasteiger partial charge in [0.25, 0.3) is 0 Å². The van der Waals surface area contributed by atoms with Crippen molar-refractivity contribution >= 4 is 34.8 Å². The third-order valence-electron chi connectivity index (χ3n) is 1.36. The molecule has 16 heavy (non-hydrogen) atoms. The number of halogens is 3. The Hall–Kier alpha value is 0.310. The van der Waals surface area contributed by atoms with E-state index < -0.39 is 21.3 Å². The van der Waals surface area contributed by atoms with Gasteiger partial charge in [-0.2, -0.15) is 0 Å². The first-order valence-corrected chi connectivity index (χ1v) is 5.66. The van der Waals surface area contributed by atoms with E-state index in [1.807, 2.05) is 0 Å². The van der Waals surface area contributed by atoms with Crippen LogP contribution in [0.2, 0.25) is 0 Å². The summed E-state index contributed by atoms with van der Waals surface area (Å²) in [7, 11) is 0. The quantitative estimate of drug-likeness (QED) is 0.466.